The lowest BCUT2D eigenvalue weighted by Gasteiger charge is -2.34. The molecule has 5 nitrogen and oxygen atoms in total. The summed E-state index contributed by atoms with van der Waals surface area (Å²) in [5.41, 5.74) is 6.61. The molecular formula is C17H25N3O2. The monoisotopic (exact) mass is 303 g/mol. The molecule has 1 aliphatic heterocycles. The van der Waals surface area contributed by atoms with E-state index >= 15 is 0 Å². The van der Waals surface area contributed by atoms with Gasteiger partial charge in [-0.3, -0.25) is 4.99 Å². The van der Waals surface area contributed by atoms with Crippen LogP contribution in [0, 0.1) is 0 Å². The van der Waals surface area contributed by atoms with E-state index in [9.17, 15) is 0 Å². The van der Waals surface area contributed by atoms with Gasteiger partial charge in [-0.05, 0) is 19.1 Å². The molecule has 0 bridgehead atoms. The van der Waals surface area contributed by atoms with Crippen LogP contribution >= 0.6 is 0 Å². The number of benzene rings is 1. The number of likely N-dealkylation sites (tertiary alicyclic amines) is 1. The number of nitrogens with zero attached hydrogens (tertiary/aromatic N) is 2. The van der Waals surface area contributed by atoms with Gasteiger partial charge in [0.25, 0.3) is 0 Å². The maximum atomic E-state index is 6.06. The lowest BCUT2D eigenvalue weighted by Crippen LogP contribution is -2.42. The third kappa shape index (κ3) is 3.93. The summed E-state index contributed by atoms with van der Waals surface area (Å²) >= 11 is 0. The van der Waals surface area contributed by atoms with E-state index in [1.54, 1.807) is 20.4 Å². The first-order chi connectivity index (χ1) is 10.7. The Balaban J connectivity index is 1.92. The van der Waals surface area contributed by atoms with Gasteiger partial charge in [-0.2, -0.15) is 0 Å². The van der Waals surface area contributed by atoms with Crippen LogP contribution in [0.1, 0.15) is 19.8 Å². The van der Waals surface area contributed by atoms with Gasteiger partial charge in [0.15, 0.2) is 0 Å². The fourth-order valence-corrected chi connectivity index (χ4v) is 2.69. The Morgan fingerprint density at radius 3 is 2.59 bits per heavy atom. The van der Waals surface area contributed by atoms with Crippen LogP contribution in [0.2, 0.25) is 0 Å². The number of nitrogens with two attached hydrogens (primary N) is 1. The molecule has 1 heterocycles. The minimum absolute atomic E-state index is 0.226. The van der Waals surface area contributed by atoms with E-state index in [2.05, 4.69) is 9.89 Å². The second-order valence-electron chi connectivity index (χ2n) is 5.38. The fourth-order valence-electron chi connectivity index (χ4n) is 2.69. The molecule has 2 rings (SSSR count). The maximum absolute atomic E-state index is 6.06. The molecular weight excluding hydrogens is 278 g/mol. The third-order valence-corrected chi connectivity index (χ3v) is 3.90. The van der Waals surface area contributed by atoms with E-state index in [-0.39, 0.29) is 6.10 Å². The smallest absolute Gasteiger partial charge is 0.127 e. The molecule has 1 aliphatic rings. The van der Waals surface area contributed by atoms with Crippen molar-refractivity contribution in [1.29, 1.82) is 0 Å². The van der Waals surface area contributed by atoms with Crippen molar-refractivity contribution in [2.75, 3.05) is 27.2 Å². The van der Waals surface area contributed by atoms with E-state index in [1.807, 2.05) is 31.2 Å². The highest BCUT2D eigenvalue weighted by Crippen LogP contribution is 2.23. The summed E-state index contributed by atoms with van der Waals surface area (Å²) in [6.07, 6.45) is 3.77. The molecule has 2 N–H and O–H groups in total. The van der Waals surface area contributed by atoms with E-state index < -0.39 is 0 Å². The number of rotatable bonds is 4. The van der Waals surface area contributed by atoms with Crippen molar-refractivity contribution in [1.82, 2.24) is 4.90 Å². The van der Waals surface area contributed by atoms with Gasteiger partial charge in [0.1, 0.15) is 23.4 Å². The van der Waals surface area contributed by atoms with E-state index in [0.717, 1.165) is 48.8 Å². The standard InChI is InChI=1S/C17H25N3O2/c1-13(12-18)17(19-2)20-9-7-14(8-10-20)22-16-6-4-5-15(11-16)21-3/h4-6,11-12,14H,7-10,18H2,1-3H3. The largest absolute Gasteiger partial charge is 0.497 e. The lowest BCUT2D eigenvalue weighted by atomic mass is 10.1. The average molecular weight is 303 g/mol. The van der Waals surface area contributed by atoms with Crippen LogP contribution in [0.5, 0.6) is 11.5 Å². The zero-order chi connectivity index (χ0) is 15.9. The molecule has 1 aromatic carbocycles. The second kappa shape index (κ2) is 7.73. The first kappa shape index (κ1) is 16.2. The Morgan fingerprint density at radius 1 is 1.32 bits per heavy atom. The number of aliphatic imine (C=N–C) groups is 1. The molecule has 0 aromatic heterocycles. The second-order valence-corrected chi connectivity index (χ2v) is 5.38. The first-order valence-corrected chi connectivity index (χ1v) is 7.59. The van der Waals surface area contributed by atoms with Gasteiger partial charge in [0, 0.05) is 50.8 Å². The van der Waals surface area contributed by atoms with Crippen LogP contribution in [0.3, 0.4) is 0 Å². The number of ether oxygens (including phenoxy) is 2. The molecule has 0 unspecified atom stereocenters. The van der Waals surface area contributed by atoms with Gasteiger partial charge in [0.2, 0.25) is 0 Å². The normalized spacial score (nSPS) is 17.5. The number of methoxy groups -OCH3 is 1. The summed E-state index contributed by atoms with van der Waals surface area (Å²) in [7, 11) is 3.47. The van der Waals surface area contributed by atoms with Crippen molar-refractivity contribution in [2.24, 2.45) is 10.7 Å². The highest BCUT2D eigenvalue weighted by atomic mass is 16.5. The van der Waals surface area contributed by atoms with Gasteiger partial charge in [-0.25, -0.2) is 0 Å². The average Bonchev–Trinajstić information content (AvgIpc) is 2.57. The third-order valence-electron chi connectivity index (χ3n) is 3.90. The molecule has 120 valence electrons. The molecule has 1 aromatic rings. The van der Waals surface area contributed by atoms with Gasteiger partial charge < -0.3 is 20.1 Å². The van der Waals surface area contributed by atoms with Crippen LogP contribution < -0.4 is 15.2 Å². The van der Waals surface area contributed by atoms with Crippen molar-refractivity contribution in [3.05, 3.63) is 36.0 Å². The SMILES string of the molecule is CN=C(C(C)=CN)N1CCC(Oc2cccc(OC)c2)CC1. The first-order valence-electron chi connectivity index (χ1n) is 7.59. The molecule has 5 heteroatoms. The summed E-state index contributed by atoms with van der Waals surface area (Å²) < 4.78 is 11.3. The molecule has 0 amide bonds. The van der Waals surface area contributed by atoms with Crippen molar-refractivity contribution in [3.63, 3.8) is 0 Å². The predicted molar refractivity (Wildman–Crippen MR) is 89.5 cm³/mol. The van der Waals surface area contributed by atoms with Crippen molar-refractivity contribution in [3.8, 4) is 11.5 Å². The minimum Gasteiger partial charge on any atom is -0.497 e. The molecule has 22 heavy (non-hydrogen) atoms. The Morgan fingerprint density at radius 2 is 2.00 bits per heavy atom. The molecule has 0 atom stereocenters. The number of hydrogen-bond acceptors (Lipinski definition) is 4. The Hall–Kier alpha value is -2.17. The van der Waals surface area contributed by atoms with Crippen molar-refractivity contribution >= 4 is 5.84 Å². The number of hydrogen-bond donors (Lipinski definition) is 1. The van der Waals surface area contributed by atoms with E-state index in [4.69, 9.17) is 15.2 Å². The fraction of sp³-hybridized carbons (Fsp3) is 0.471. The van der Waals surface area contributed by atoms with Gasteiger partial charge >= 0.3 is 0 Å². The summed E-state index contributed by atoms with van der Waals surface area (Å²) in [5.74, 6) is 2.65. The van der Waals surface area contributed by atoms with Gasteiger partial charge in [-0.15, -0.1) is 0 Å². The lowest BCUT2D eigenvalue weighted by molar-refractivity contribution is 0.131. The molecule has 0 aliphatic carbocycles. The van der Waals surface area contributed by atoms with Gasteiger partial charge in [-0.1, -0.05) is 6.07 Å². The minimum atomic E-state index is 0.226. The summed E-state index contributed by atoms with van der Waals surface area (Å²) in [6, 6.07) is 7.75. The van der Waals surface area contributed by atoms with Crippen molar-refractivity contribution < 1.29 is 9.47 Å². The number of piperidine rings is 1. The number of amidine groups is 1. The van der Waals surface area contributed by atoms with Gasteiger partial charge in [0.05, 0.1) is 7.11 Å². The van der Waals surface area contributed by atoms with Crippen LogP contribution in [-0.2, 0) is 0 Å². The Labute approximate surface area is 132 Å². The quantitative estimate of drug-likeness (QED) is 0.685. The van der Waals surface area contributed by atoms with Crippen LogP contribution in [-0.4, -0.2) is 44.1 Å². The molecule has 0 radical (unpaired) electrons. The maximum Gasteiger partial charge on any atom is 0.127 e. The highest BCUT2D eigenvalue weighted by Gasteiger charge is 2.23. The van der Waals surface area contributed by atoms with E-state index in [1.165, 1.54) is 0 Å². The highest BCUT2D eigenvalue weighted by molar-refractivity contribution is 5.97. The molecule has 0 spiro atoms. The summed E-state index contributed by atoms with van der Waals surface area (Å²) in [6.45, 7) is 3.83. The van der Waals surface area contributed by atoms with Crippen LogP contribution in [0.4, 0.5) is 0 Å². The van der Waals surface area contributed by atoms with Crippen LogP contribution in [0.15, 0.2) is 41.0 Å². The predicted octanol–water partition coefficient (Wildman–Crippen LogP) is 2.43. The zero-order valence-electron chi connectivity index (χ0n) is 13.6. The molecule has 1 saturated heterocycles. The topological polar surface area (TPSA) is 60.1 Å². The molecule has 1 fully saturated rings. The zero-order valence-corrected chi connectivity index (χ0v) is 13.6. The Bertz CT molecular complexity index is 547. The Kier molecular flexibility index (Phi) is 5.69. The summed E-state index contributed by atoms with van der Waals surface area (Å²) in [4.78, 5) is 6.62. The van der Waals surface area contributed by atoms with Crippen LogP contribution in [0.25, 0.3) is 0 Å². The van der Waals surface area contributed by atoms with Crippen molar-refractivity contribution in [2.45, 2.75) is 25.9 Å². The summed E-state index contributed by atoms with van der Waals surface area (Å²) in [5, 5.41) is 0. The van der Waals surface area contributed by atoms with E-state index in [0.29, 0.717) is 0 Å². The molecule has 0 saturated carbocycles.